The molecule has 3 aromatic rings. The predicted octanol–water partition coefficient (Wildman–Crippen LogP) is 3.27. The first-order chi connectivity index (χ1) is 17.8. The lowest BCUT2D eigenvalue weighted by Crippen LogP contribution is -2.41. The standard InChI is InChI=1S/C28H30FN5O3/c1-31(17-20-16-30-32(2)18-20)26(35)21-10-12-33(13-11-21)24-8-4-7-23-25(24)28(37)34(27(23)36)14-9-19-5-3-6-22(29)15-19/h3-8,15-16,18,21H,9-14,17H2,1-2H3. The fraction of sp³-hybridized carbons (Fsp3) is 0.357. The molecule has 8 nitrogen and oxygen atoms in total. The molecule has 3 heterocycles. The van der Waals surface area contributed by atoms with Crippen LogP contribution in [0.2, 0.25) is 0 Å². The van der Waals surface area contributed by atoms with Crippen molar-refractivity contribution < 1.29 is 18.8 Å². The van der Waals surface area contributed by atoms with E-state index in [0.29, 0.717) is 50.0 Å². The van der Waals surface area contributed by atoms with Crippen molar-refractivity contribution in [2.24, 2.45) is 13.0 Å². The third kappa shape index (κ3) is 4.98. The fourth-order valence-electron chi connectivity index (χ4n) is 5.30. The van der Waals surface area contributed by atoms with Crippen molar-refractivity contribution in [2.75, 3.05) is 31.6 Å². The van der Waals surface area contributed by atoms with Crippen molar-refractivity contribution in [2.45, 2.75) is 25.8 Å². The van der Waals surface area contributed by atoms with Gasteiger partial charge in [-0.1, -0.05) is 18.2 Å². The minimum atomic E-state index is -0.340. The number of rotatable bonds is 7. The molecule has 2 aliphatic rings. The van der Waals surface area contributed by atoms with E-state index in [0.717, 1.165) is 16.8 Å². The Morgan fingerprint density at radius 2 is 1.84 bits per heavy atom. The molecule has 3 amide bonds. The second-order valence-electron chi connectivity index (χ2n) is 9.82. The number of aryl methyl sites for hydroxylation is 1. The van der Waals surface area contributed by atoms with Crippen molar-refractivity contribution in [1.29, 1.82) is 0 Å². The molecule has 0 aliphatic carbocycles. The van der Waals surface area contributed by atoms with Crippen molar-refractivity contribution >= 4 is 23.4 Å². The lowest BCUT2D eigenvalue weighted by molar-refractivity contribution is -0.135. The number of nitrogens with zero attached hydrogens (tertiary/aromatic N) is 5. The summed E-state index contributed by atoms with van der Waals surface area (Å²) < 4.78 is 15.3. The molecule has 0 saturated carbocycles. The second-order valence-corrected chi connectivity index (χ2v) is 9.82. The lowest BCUT2D eigenvalue weighted by atomic mass is 9.94. The van der Waals surface area contributed by atoms with E-state index in [4.69, 9.17) is 0 Å². The minimum Gasteiger partial charge on any atom is -0.371 e. The van der Waals surface area contributed by atoms with Crippen molar-refractivity contribution in [3.8, 4) is 0 Å². The Kier molecular flexibility index (Phi) is 6.78. The van der Waals surface area contributed by atoms with Crippen molar-refractivity contribution in [3.05, 3.63) is 82.9 Å². The van der Waals surface area contributed by atoms with Gasteiger partial charge in [0.25, 0.3) is 11.8 Å². The monoisotopic (exact) mass is 503 g/mol. The van der Waals surface area contributed by atoms with Gasteiger partial charge in [-0.15, -0.1) is 0 Å². The molecular formula is C28H30FN5O3. The normalized spacial score (nSPS) is 15.9. The molecule has 0 atom stereocenters. The Morgan fingerprint density at radius 1 is 1.08 bits per heavy atom. The average Bonchev–Trinajstić information content (AvgIpc) is 3.42. The van der Waals surface area contributed by atoms with Crippen LogP contribution in [0.3, 0.4) is 0 Å². The first-order valence-electron chi connectivity index (χ1n) is 12.5. The number of carbonyl (C=O) groups is 3. The zero-order valence-electron chi connectivity index (χ0n) is 21.1. The Hall–Kier alpha value is -4.01. The van der Waals surface area contributed by atoms with Gasteiger partial charge in [0.15, 0.2) is 0 Å². The third-order valence-corrected chi connectivity index (χ3v) is 7.23. The molecule has 0 radical (unpaired) electrons. The molecule has 5 rings (SSSR count). The highest BCUT2D eigenvalue weighted by atomic mass is 19.1. The van der Waals surface area contributed by atoms with Crippen LogP contribution >= 0.6 is 0 Å². The molecule has 192 valence electrons. The van der Waals surface area contributed by atoms with Gasteiger partial charge in [0.05, 0.1) is 23.0 Å². The van der Waals surface area contributed by atoms with Crippen molar-refractivity contribution in [1.82, 2.24) is 19.6 Å². The first kappa shape index (κ1) is 24.7. The number of amides is 3. The van der Waals surface area contributed by atoms with Gasteiger partial charge in [-0.25, -0.2) is 4.39 Å². The van der Waals surface area contributed by atoms with Crippen LogP contribution in [0, 0.1) is 11.7 Å². The van der Waals surface area contributed by atoms with Gasteiger partial charge >= 0.3 is 0 Å². The largest absolute Gasteiger partial charge is 0.371 e. The van der Waals surface area contributed by atoms with Gasteiger partial charge in [-0.2, -0.15) is 5.10 Å². The van der Waals surface area contributed by atoms with Gasteiger partial charge in [-0.05, 0) is 49.1 Å². The van der Waals surface area contributed by atoms with Gasteiger partial charge in [0, 0.05) is 58.0 Å². The summed E-state index contributed by atoms with van der Waals surface area (Å²) in [5, 5.41) is 4.16. The molecule has 1 aromatic heterocycles. The van der Waals surface area contributed by atoms with E-state index in [1.165, 1.54) is 17.0 Å². The molecule has 1 saturated heterocycles. The van der Waals surface area contributed by atoms with Gasteiger partial charge in [-0.3, -0.25) is 24.0 Å². The maximum atomic E-state index is 13.5. The smallest absolute Gasteiger partial charge is 0.263 e. The SMILES string of the molecule is CN(Cc1cnn(C)c1)C(=O)C1CCN(c2cccc3c2C(=O)N(CCc2cccc(F)c2)C3=O)CC1. The Labute approximate surface area is 215 Å². The summed E-state index contributed by atoms with van der Waals surface area (Å²) in [6.45, 7) is 1.95. The average molecular weight is 504 g/mol. The Morgan fingerprint density at radius 3 is 2.54 bits per heavy atom. The van der Waals surface area contributed by atoms with Crippen LogP contribution in [0.5, 0.6) is 0 Å². The molecule has 2 aliphatic heterocycles. The number of carbonyl (C=O) groups excluding carboxylic acids is 3. The highest BCUT2D eigenvalue weighted by Gasteiger charge is 2.39. The number of imide groups is 1. The van der Waals surface area contributed by atoms with E-state index in [-0.39, 0.29) is 36.0 Å². The number of aromatic nitrogens is 2. The molecule has 0 unspecified atom stereocenters. The van der Waals surface area contributed by atoms with E-state index < -0.39 is 0 Å². The molecule has 1 fully saturated rings. The molecule has 0 bridgehead atoms. The molecule has 0 N–H and O–H groups in total. The zero-order chi connectivity index (χ0) is 26.1. The number of hydrogen-bond donors (Lipinski definition) is 0. The van der Waals surface area contributed by atoms with Crippen LogP contribution in [-0.4, -0.2) is 64.0 Å². The number of benzene rings is 2. The predicted molar refractivity (Wildman–Crippen MR) is 137 cm³/mol. The van der Waals surface area contributed by atoms with E-state index in [1.807, 2.05) is 26.4 Å². The summed E-state index contributed by atoms with van der Waals surface area (Å²) in [6.07, 6.45) is 5.40. The van der Waals surface area contributed by atoms with Gasteiger partial charge < -0.3 is 9.80 Å². The number of halogens is 1. The molecule has 37 heavy (non-hydrogen) atoms. The third-order valence-electron chi connectivity index (χ3n) is 7.23. The summed E-state index contributed by atoms with van der Waals surface area (Å²) in [5.41, 5.74) is 3.28. The van der Waals surface area contributed by atoms with Gasteiger partial charge in [0.1, 0.15) is 5.82 Å². The van der Waals surface area contributed by atoms with Crippen LogP contribution in [0.4, 0.5) is 10.1 Å². The fourth-order valence-corrected chi connectivity index (χ4v) is 5.30. The topological polar surface area (TPSA) is 78.8 Å². The van der Waals surface area contributed by atoms with Crippen LogP contribution in [0.15, 0.2) is 54.9 Å². The number of anilines is 1. The summed E-state index contributed by atoms with van der Waals surface area (Å²) in [7, 11) is 3.66. The summed E-state index contributed by atoms with van der Waals surface area (Å²) in [4.78, 5) is 44.5. The van der Waals surface area contributed by atoms with E-state index in [2.05, 4.69) is 10.00 Å². The van der Waals surface area contributed by atoms with E-state index in [9.17, 15) is 18.8 Å². The summed E-state index contributed by atoms with van der Waals surface area (Å²) in [5.74, 6) is -0.958. The highest BCUT2D eigenvalue weighted by Crippen LogP contribution is 2.34. The van der Waals surface area contributed by atoms with Crippen LogP contribution in [0.25, 0.3) is 0 Å². The summed E-state index contributed by atoms with van der Waals surface area (Å²) in [6, 6.07) is 11.6. The quantitative estimate of drug-likeness (QED) is 0.463. The van der Waals surface area contributed by atoms with Gasteiger partial charge in [0.2, 0.25) is 5.91 Å². The molecular weight excluding hydrogens is 473 g/mol. The van der Waals surface area contributed by atoms with Crippen molar-refractivity contribution in [3.63, 3.8) is 0 Å². The highest BCUT2D eigenvalue weighted by molar-refractivity contribution is 6.23. The second kappa shape index (κ2) is 10.2. The van der Waals surface area contributed by atoms with Crippen LogP contribution < -0.4 is 4.90 Å². The zero-order valence-corrected chi connectivity index (χ0v) is 21.1. The van der Waals surface area contributed by atoms with Crippen LogP contribution in [-0.2, 0) is 24.8 Å². The summed E-state index contributed by atoms with van der Waals surface area (Å²) >= 11 is 0. The maximum absolute atomic E-state index is 13.5. The van der Waals surface area contributed by atoms with Crippen LogP contribution in [0.1, 0.15) is 44.7 Å². The first-order valence-corrected chi connectivity index (χ1v) is 12.5. The lowest BCUT2D eigenvalue weighted by Gasteiger charge is -2.35. The van der Waals surface area contributed by atoms with E-state index >= 15 is 0 Å². The Bertz CT molecular complexity index is 1350. The molecule has 9 heteroatoms. The molecule has 2 aromatic carbocycles. The minimum absolute atomic E-state index is 0.0882. The number of piperidine rings is 1. The Balaban J connectivity index is 1.24. The number of fused-ring (bicyclic) bond motifs is 1. The maximum Gasteiger partial charge on any atom is 0.263 e. The van der Waals surface area contributed by atoms with E-state index in [1.54, 1.807) is 40.0 Å². The molecule has 0 spiro atoms. The number of hydrogen-bond acceptors (Lipinski definition) is 5.